The number of halogens is 2. The maximum atomic E-state index is 12.8. The number of rotatable bonds is 6. The molecule has 0 saturated carbocycles. The van der Waals surface area contributed by atoms with Crippen molar-refractivity contribution >= 4 is 67.8 Å². The number of amides is 1. The van der Waals surface area contributed by atoms with Crippen LogP contribution in [0, 0.1) is 0 Å². The molecule has 1 fully saturated rings. The van der Waals surface area contributed by atoms with Gasteiger partial charge in [-0.05, 0) is 77.9 Å². The molecule has 0 atom stereocenters. The fourth-order valence-corrected chi connectivity index (χ4v) is 4.46. The highest BCUT2D eigenvalue weighted by Gasteiger charge is 2.30. The highest BCUT2D eigenvalue weighted by molar-refractivity contribution is 9.10. The second-order valence-electron chi connectivity index (χ2n) is 6.57. The summed E-state index contributed by atoms with van der Waals surface area (Å²) in [4.78, 5) is 21.7. The van der Waals surface area contributed by atoms with Crippen LogP contribution in [0.4, 0.5) is 11.4 Å². The zero-order valence-electron chi connectivity index (χ0n) is 17.3. The summed E-state index contributed by atoms with van der Waals surface area (Å²) in [6.45, 7) is 6.07. The Morgan fingerprint density at radius 1 is 1.23 bits per heavy atom. The van der Waals surface area contributed by atoms with Gasteiger partial charge in [0.1, 0.15) is 5.75 Å². The molecule has 5 nitrogen and oxygen atoms in total. The van der Waals surface area contributed by atoms with Gasteiger partial charge in [0.2, 0.25) is 0 Å². The Labute approximate surface area is 194 Å². The number of nitrogens with zero attached hydrogens (tertiary/aromatic N) is 3. The predicted molar refractivity (Wildman–Crippen MR) is 131 cm³/mol. The zero-order chi connectivity index (χ0) is 21.8. The monoisotopic (exact) mass is 507 g/mol. The van der Waals surface area contributed by atoms with Gasteiger partial charge in [-0.25, -0.2) is 4.99 Å². The maximum absolute atomic E-state index is 12.8. The number of amidine groups is 1. The van der Waals surface area contributed by atoms with E-state index in [1.165, 1.54) is 11.8 Å². The minimum atomic E-state index is -0.100. The van der Waals surface area contributed by atoms with Crippen molar-refractivity contribution < 1.29 is 9.53 Å². The van der Waals surface area contributed by atoms with Crippen LogP contribution in [0.25, 0.3) is 6.08 Å². The van der Waals surface area contributed by atoms with Crippen LogP contribution in [-0.4, -0.2) is 43.2 Å². The Balaban J connectivity index is 1.91. The summed E-state index contributed by atoms with van der Waals surface area (Å²) in [6.07, 6.45) is 1.85. The topological polar surface area (TPSA) is 45.1 Å². The molecule has 0 aliphatic carbocycles. The maximum Gasteiger partial charge on any atom is 0.266 e. The highest BCUT2D eigenvalue weighted by Crippen LogP contribution is 2.36. The first-order valence-corrected chi connectivity index (χ1v) is 11.5. The summed E-state index contributed by atoms with van der Waals surface area (Å²) in [5.41, 5.74) is 2.63. The third kappa shape index (κ3) is 4.85. The van der Waals surface area contributed by atoms with Crippen molar-refractivity contribution in [1.82, 2.24) is 4.90 Å². The molecule has 3 rings (SSSR count). The van der Waals surface area contributed by atoms with Crippen LogP contribution < -0.4 is 9.64 Å². The van der Waals surface area contributed by atoms with Gasteiger partial charge in [0.15, 0.2) is 5.17 Å². The Morgan fingerprint density at radius 2 is 1.97 bits per heavy atom. The number of thioether (sulfide) groups is 1. The number of hydrogen-bond acceptors (Lipinski definition) is 5. The van der Waals surface area contributed by atoms with Gasteiger partial charge in [0, 0.05) is 41.9 Å². The molecule has 0 unspecified atom stereocenters. The summed E-state index contributed by atoms with van der Waals surface area (Å²) in [6, 6.07) is 11.5. The first kappa shape index (κ1) is 22.7. The molecule has 2 aromatic rings. The number of hydrogen-bond donors (Lipinski definition) is 0. The van der Waals surface area contributed by atoms with Crippen LogP contribution in [0.1, 0.15) is 19.4 Å². The third-order valence-corrected chi connectivity index (χ3v) is 7.06. The number of aliphatic imine (C=N–C) groups is 1. The number of benzene rings is 2. The fourth-order valence-electron chi connectivity index (χ4n) is 3.06. The highest BCUT2D eigenvalue weighted by atomic mass is 79.9. The molecule has 2 aromatic carbocycles. The minimum absolute atomic E-state index is 0.100. The summed E-state index contributed by atoms with van der Waals surface area (Å²) in [5, 5.41) is 1.17. The summed E-state index contributed by atoms with van der Waals surface area (Å²) in [7, 11) is 3.36. The molecule has 0 aromatic heterocycles. The van der Waals surface area contributed by atoms with Crippen LogP contribution in [0.3, 0.4) is 0 Å². The number of anilines is 1. The molecule has 1 amide bonds. The van der Waals surface area contributed by atoms with E-state index in [4.69, 9.17) is 16.3 Å². The van der Waals surface area contributed by atoms with E-state index < -0.39 is 0 Å². The molecule has 0 radical (unpaired) electrons. The second-order valence-corrected chi connectivity index (χ2v) is 8.84. The van der Waals surface area contributed by atoms with E-state index in [9.17, 15) is 4.79 Å². The van der Waals surface area contributed by atoms with Gasteiger partial charge in [-0.2, -0.15) is 0 Å². The van der Waals surface area contributed by atoms with E-state index >= 15 is 0 Å². The molecule has 1 heterocycles. The molecular weight excluding hydrogens is 486 g/mol. The summed E-state index contributed by atoms with van der Waals surface area (Å²) >= 11 is 10.9. The van der Waals surface area contributed by atoms with E-state index in [-0.39, 0.29) is 5.91 Å². The average molecular weight is 509 g/mol. The molecule has 0 bridgehead atoms. The third-order valence-electron chi connectivity index (χ3n) is 4.76. The number of ether oxygens (including phenoxy) is 1. The van der Waals surface area contributed by atoms with E-state index in [0.29, 0.717) is 20.8 Å². The molecule has 0 spiro atoms. The zero-order valence-corrected chi connectivity index (χ0v) is 20.4. The van der Waals surface area contributed by atoms with Gasteiger partial charge in [0.25, 0.3) is 5.91 Å². The van der Waals surface area contributed by atoms with Crippen molar-refractivity contribution in [3.05, 3.63) is 56.4 Å². The lowest BCUT2D eigenvalue weighted by atomic mass is 10.1. The van der Waals surface area contributed by atoms with Crippen LogP contribution in [-0.2, 0) is 4.79 Å². The van der Waals surface area contributed by atoms with Gasteiger partial charge in [-0.3, -0.25) is 9.69 Å². The molecule has 8 heteroatoms. The first-order valence-electron chi connectivity index (χ1n) is 9.52. The molecule has 158 valence electrons. The van der Waals surface area contributed by atoms with Crippen molar-refractivity contribution in [2.24, 2.45) is 4.99 Å². The van der Waals surface area contributed by atoms with Gasteiger partial charge < -0.3 is 9.64 Å². The molecule has 30 heavy (non-hydrogen) atoms. The fraction of sp³-hybridized carbons (Fsp3) is 0.273. The van der Waals surface area contributed by atoms with Crippen LogP contribution in [0.5, 0.6) is 5.75 Å². The Bertz CT molecular complexity index is 1020. The van der Waals surface area contributed by atoms with E-state index in [1.54, 1.807) is 25.1 Å². The second kappa shape index (κ2) is 9.90. The van der Waals surface area contributed by atoms with Gasteiger partial charge in [-0.1, -0.05) is 11.6 Å². The molecule has 1 aliphatic heterocycles. The van der Waals surface area contributed by atoms with E-state index in [1.807, 2.05) is 30.3 Å². The predicted octanol–water partition coefficient (Wildman–Crippen LogP) is 6.19. The van der Waals surface area contributed by atoms with Crippen LogP contribution in [0.2, 0.25) is 5.02 Å². The van der Waals surface area contributed by atoms with Crippen molar-refractivity contribution in [1.29, 1.82) is 0 Å². The molecular formula is C22H23BrClN3O2S. The normalized spacial score (nSPS) is 16.6. The molecule has 1 aliphatic rings. The number of likely N-dealkylation sites (N-methyl/N-ethyl adjacent to an activating group) is 1. The SMILES string of the molecule is CCN(CC)c1ccc(/C=C2\SC(=Nc3ccc(Br)c(Cl)c3)N(C)C2=O)c(OC)c1. The first-order chi connectivity index (χ1) is 14.4. The summed E-state index contributed by atoms with van der Waals surface area (Å²) < 4.78 is 6.39. The van der Waals surface area contributed by atoms with Crippen molar-refractivity contribution in [3.8, 4) is 5.75 Å². The number of methoxy groups -OCH3 is 1. The Hall–Kier alpha value is -1.96. The van der Waals surface area contributed by atoms with E-state index in [0.717, 1.165) is 34.6 Å². The van der Waals surface area contributed by atoms with Crippen molar-refractivity contribution in [2.45, 2.75) is 13.8 Å². The van der Waals surface area contributed by atoms with Gasteiger partial charge >= 0.3 is 0 Å². The van der Waals surface area contributed by atoms with Crippen LogP contribution in [0.15, 0.2) is 50.8 Å². The van der Waals surface area contributed by atoms with Crippen LogP contribution >= 0.6 is 39.3 Å². The lowest BCUT2D eigenvalue weighted by molar-refractivity contribution is -0.121. The van der Waals surface area contributed by atoms with Crippen molar-refractivity contribution in [2.75, 3.05) is 32.1 Å². The Morgan fingerprint density at radius 3 is 2.60 bits per heavy atom. The largest absolute Gasteiger partial charge is 0.496 e. The van der Waals surface area contributed by atoms with Gasteiger partial charge in [0.05, 0.1) is 22.7 Å². The smallest absolute Gasteiger partial charge is 0.266 e. The minimum Gasteiger partial charge on any atom is -0.496 e. The molecule has 0 N–H and O–H groups in total. The standard InChI is InChI=1S/C22H23BrClN3O2S/c1-5-27(6-2)16-9-7-14(19(13-16)29-4)11-20-21(28)26(3)22(30-20)25-15-8-10-17(23)18(24)12-15/h7-13H,5-6H2,1-4H3/b20-11-,25-22?. The van der Waals surface area contributed by atoms with Crippen molar-refractivity contribution in [3.63, 3.8) is 0 Å². The lowest BCUT2D eigenvalue weighted by Crippen LogP contribution is -2.23. The number of carbonyl (C=O) groups is 1. The number of carbonyl (C=O) groups excluding carboxylic acids is 1. The average Bonchev–Trinajstić information content (AvgIpc) is 3.00. The lowest BCUT2D eigenvalue weighted by Gasteiger charge is -2.22. The Kier molecular flexibility index (Phi) is 7.50. The summed E-state index contributed by atoms with van der Waals surface area (Å²) in [5.74, 6) is 0.630. The molecule has 1 saturated heterocycles. The van der Waals surface area contributed by atoms with Gasteiger partial charge in [-0.15, -0.1) is 0 Å². The van der Waals surface area contributed by atoms with E-state index in [2.05, 4.69) is 45.7 Å². The quantitative estimate of drug-likeness (QED) is 0.436.